The van der Waals surface area contributed by atoms with Crippen LogP contribution in [0.4, 0.5) is 43.7 Å². The number of nitrogens with one attached hydrogen (secondary N) is 2. The molecule has 0 unspecified atom stereocenters. The van der Waals surface area contributed by atoms with Crippen molar-refractivity contribution in [2.45, 2.75) is 55.8 Å². The van der Waals surface area contributed by atoms with Gasteiger partial charge < -0.3 is 15.5 Å². The van der Waals surface area contributed by atoms with Crippen LogP contribution in [0.5, 0.6) is 0 Å². The molecule has 0 bridgehead atoms. The number of hydrogen-bond acceptors (Lipinski definition) is 9. The van der Waals surface area contributed by atoms with Gasteiger partial charge in [-0.05, 0) is 86.5 Å². The van der Waals surface area contributed by atoms with E-state index >= 15 is 0 Å². The summed E-state index contributed by atoms with van der Waals surface area (Å²) in [6.07, 6.45) is -6.41. The molecule has 0 saturated carbocycles. The molecule has 6 aromatic rings. The molecule has 0 aliphatic carbocycles. The van der Waals surface area contributed by atoms with Crippen LogP contribution in [0.25, 0.3) is 32.9 Å². The molecule has 0 amide bonds. The first-order valence-corrected chi connectivity index (χ1v) is 16.8. The lowest BCUT2D eigenvalue weighted by atomic mass is 9.98. The predicted molar refractivity (Wildman–Crippen MR) is 180 cm³/mol. The van der Waals surface area contributed by atoms with Crippen molar-refractivity contribution in [3.05, 3.63) is 96.6 Å². The average Bonchev–Trinajstić information content (AvgIpc) is 3.46. The molecule has 0 atom stereocenters. The topological polar surface area (TPSA) is 155 Å². The highest BCUT2D eigenvalue weighted by molar-refractivity contribution is 7.92. The molecule has 2 aromatic carbocycles. The molecule has 4 N–H and O–H groups in total. The van der Waals surface area contributed by atoms with E-state index in [1.807, 2.05) is 0 Å². The van der Waals surface area contributed by atoms with Gasteiger partial charge in [0.1, 0.15) is 11.6 Å². The Bertz CT molecular complexity index is 2400. The van der Waals surface area contributed by atoms with Crippen LogP contribution in [0.3, 0.4) is 0 Å². The highest BCUT2D eigenvalue weighted by Gasteiger charge is 2.70. The number of aryl methyl sites for hydroxylation is 1. The molecule has 0 aliphatic heterocycles. The maximum atomic E-state index is 13.4. The maximum Gasteiger partial charge on any atom is 0.428 e. The minimum Gasteiger partial charge on any atom is -0.386 e. The molecule has 0 fully saturated rings. The molecule has 0 spiro atoms. The Morgan fingerprint density at radius 2 is 1.46 bits per heavy atom. The number of rotatable bonds is 9. The molecular formula is C34H29F6N7O4S. The van der Waals surface area contributed by atoms with Crippen molar-refractivity contribution in [3.8, 4) is 11.3 Å². The summed E-state index contributed by atoms with van der Waals surface area (Å²) in [5, 5.41) is 28.3. The third-order valence-electron chi connectivity index (χ3n) is 8.46. The number of anilines is 3. The number of fused-ring (bicyclic) bond motifs is 2. The standard InChI is InChI=1S/C34H29F6N7O4S/c1-19-24(8-9-27-26(19)17-44-47(27)18-32(49,33(35,36)37)34(38,39)40)30-25-15-28(43-16-20(25)10-12-42-30)45-22-4-6-23(7-5-22)52(50,51)46-29-14-21(11-13-41-29)31(2,3)48/h4-17,48-49H,18H2,1-3H3,(H,41,46)(H,43,45). The summed E-state index contributed by atoms with van der Waals surface area (Å²) in [5.74, 6) is 0.387. The Morgan fingerprint density at radius 3 is 2.12 bits per heavy atom. The van der Waals surface area contributed by atoms with Gasteiger partial charge in [-0.15, -0.1) is 0 Å². The van der Waals surface area contributed by atoms with E-state index in [4.69, 9.17) is 0 Å². The van der Waals surface area contributed by atoms with Gasteiger partial charge in [0.25, 0.3) is 15.6 Å². The zero-order chi connectivity index (χ0) is 37.9. The molecular weight excluding hydrogens is 716 g/mol. The Morgan fingerprint density at radius 1 is 0.788 bits per heavy atom. The monoisotopic (exact) mass is 745 g/mol. The van der Waals surface area contributed by atoms with Gasteiger partial charge in [-0.25, -0.2) is 18.4 Å². The van der Waals surface area contributed by atoms with Crippen LogP contribution >= 0.6 is 0 Å². The fourth-order valence-electron chi connectivity index (χ4n) is 5.51. The van der Waals surface area contributed by atoms with Crippen molar-refractivity contribution < 1.29 is 45.0 Å². The number of sulfonamides is 1. The van der Waals surface area contributed by atoms with Crippen LogP contribution in [0.2, 0.25) is 0 Å². The summed E-state index contributed by atoms with van der Waals surface area (Å²) in [6.45, 7) is 2.85. The van der Waals surface area contributed by atoms with Crippen molar-refractivity contribution in [2.24, 2.45) is 0 Å². The molecule has 4 heterocycles. The largest absolute Gasteiger partial charge is 0.428 e. The van der Waals surface area contributed by atoms with E-state index in [1.165, 1.54) is 54.9 Å². The van der Waals surface area contributed by atoms with E-state index in [0.717, 1.165) is 6.20 Å². The Labute approximate surface area is 292 Å². The van der Waals surface area contributed by atoms with Crippen LogP contribution in [0.1, 0.15) is 25.0 Å². The highest BCUT2D eigenvalue weighted by atomic mass is 32.2. The summed E-state index contributed by atoms with van der Waals surface area (Å²) < 4.78 is 109. The fourth-order valence-corrected chi connectivity index (χ4v) is 6.51. The second-order valence-corrected chi connectivity index (χ2v) is 14.2. The lowest BCUT2D eigenvalue weighted by molar-refractivity contribution is -0.372. The lowest BCUT2D eigenvalue weighted by Gasteiger charge is -2.32. The molecule has 4 aromatic heterocycles. The number of pyridine rings is 3. The minimum atomic E-state index is -6.01. The summed E-state index contributed by atoms with van der Waals surface area (Å²) in [7, 11) is -4.04. The summed E-state index contributed by atoms with van der Waals surface area (Å²) in [5.41, 5.74) is -3.92. The zero-order valence-corrected chi connectivity index (χ0v) is 28.2. The number of aromatic nitrogens is 5. The first-order valence-electron chi connectivity index (χ1n) is 15.3. The van der Waals surface area contributed by atoms with Gasteiger partial charge in [0.15, 0.2) is 0 Å². The first-order chi connectivity index (χ1) is 24.2. The van der Waals surface area contributed by atoms with Gasteiger partial charge in [0.05, 0.1) is 34.4 Å². The molecule has 0 radical (unpaired) electrons. The smallest absolute Gasteiger partial charge is 0.386 e. The van der Waals surface area contributed by atoms with Crippen LogP contribution in [0, 0.1) is 6.92 Å². The maximum absolute atomic E-state index is 13.4. The lowest BCUT2D eigenvalue weighted by Crippen LogP contribution is -2.59. The second kappa shape index (κ2) is 12.7. The summed E-state index contributed by atoms with van der Waals surface area (Å²) >= 11 is 0. The number of alkyl halides is 6. The van der Waals surface area contributed by atoms with Crippen LogP contribution < -0.4 is 10.0 Å². The van der Waals surface area contributed by atoms with Gasteiger partial charge >= 0.3 is 12.4 Å². The number of halogens is 6. The summed E-state index contributed by atoms with van der Waals surface area (Å²) in [6, 6.07) is 15.0. The van der Waals surface area contributed by atoms with E-state index in [0.29, 0.717) is 49.3 Å². The van der Waals surface area contributed by atoms with Gasteiger partial charge in [0.2, 0.25) is 0 Å². The average molecular weight is 746 g/mol. The van der Waals surface area contributed by atoms with Crippen molar-refractivity contribution in [1.29, 1.82) is 0 Å². The van der Waals surface area contributed by atoms with E-state index in [2.05, 4.69) is 30.1 Å². The number of hydrogen-bond donors (Lipinski definition) is 4. The van der Waals surface area contributed by atoms with Crippen molar-refractivity contribution >= 4 is 49.0 Å². The van der Waals surface area contributed by atoms with E-state index in [9.17, 15) is 45.0 Å². The first kappa shape index (κ1) is 36.5. The van der Waals surface area contributed by atoms with E-state index in [-0.39, 0.29) is 21.6 Å². The normalized spacial score (nSPS) is 13.1. The Balaban J connectivity index is 1.27. The minimum absolute atomic E-state index is 0.0323. The third-order valence-corrected chi connectivity index (χ3v) is 9.83. The molecule has 11 nitrogen and oxygen atoms in total. The molecule has 272 valence electrons. The van der Waals surface area contributed by atoms with Crippen LogP contribution in [0.15, 0.2) is 90.3 Å². The van der Waals surface area contributed by atoms with Crippen molar-refractivity contribution in [2.75, 3.05) is 10.0 Å². The van der Waals surface area contributed by atoms with Gasteiger partial charge in [-0.3, -0.25) is 14.4 Å². The molecule has 52 heavy (non-hydrogen) atoms. The third kappa shape index (κ3) is 6.83. The molecule has 0 saturated heterocycles. The second-order valence-electron chi connectivity index (χ2n) is 12.5. The Kier molecular flexibility index (Phi) is 8.91. The fraction of sp³-hybridized carbons (Fsp3) is 0.235. The van der Waals surface area contributed by atoms with Crippen molar-refractivity contribution in [3.63, 3.8) is 0 Å². The van der Waals surface area contributed by atoms with Gasteiger partial charge in [-0.2, -0.15) is 31.4 Å². The zero-order valence-electron chi connectivity index (χ0n) is 27.4. The van der Waals surface area contributed by atoms with Crippen LogP contribution in [-0.4, -0.2) is 61.3 Å². The van der Waals surface area contributed by atoms with E-state index < -0.39 is 40.1 Å². The number of benzene rings is 2. The van der Waals surface area contributed by atoms with Gasteiger partial charge in [0, 0.05) is 46.0 Å². The van der Waals surface area contributed by atoms with Crippen molar-refractivity contribution in [1.82, 2.24) is 24.7 Å². The molecule has 6 rings (SSSR count). The van der Waals surface area contributed by atoms with Gasteiger partial charge in [-0.1, -0.05) is 6.07 Å². The van der Waals surface area contributed by atoms with E-state index in [1.54, 1.807) is 45.2 Å². The van der Waals surface area contributed by atoms with Crippen LogP contribution in [-0.2, 0) is 22.2 Å². The predicted octanol–water partition coefficient (Wildman–Crippen LogP) is 6.98. The molecule has 18 heteroatoms. The molecule has 0 aliphatic rings. The SMILES string of the molecule is Cc1c(-c2nccc3cnc(Nc4ccc(S(=O)(=O)Nc5cc(C(C)(C)O)ccn5)cc4)cc23)ccc2c1cnn2CC(O)(C(F)(F)F)C(F)(F)F. The Hall–Kier alpha value is -5.33. The number of nitrogens with zero attached hydrogens (tertiary/aromatic N) is 5. The number of aliphatic hydroxyl groups is 2. The highest BCUT2D eigenvalue weighted by Crippen LogP contribution is 2.45. The summed E-state index contributed by atoms with van der Waals surface area (Å²) in [4.78, 5) is 12.9. The quantitative estimate of drug-likeness (QED) is 0.115.